The van der Waals surface area contributed by atoms with Crippen molar-refractivity contribution in [1.29, 1.82) is 0 Å². The van der Waals surface area contributed by atoms with Crippen LogP contribution in [-0.2, 0) is 0 Å². The molecule has 0 saturated carbocycles. The van der Waals surface area contributed by atoms with Crippen LogP contribution in [0.2, 0.25) is 0 Å². The Morgan fingerprint density at radius 1 is 1.00 bits per heavy atom. The van der Waals surface area contributed by atoms with Crippen LogP contribution < -0.4 is 0 Å². The van der Waals surface area contributed by atoms with Gasteiger partial charge in [0.25, 0.3) is 0 Å². The van der Waals surface area contributed by atoms with E-state index in [2.05, 4.69) is 0 Å². The van der Waals surface area contributed by atoms with Crippen LogP contribution in [-0.4, -0.2) is 45.4 Å². The molecule has 0 bridgehead atoms. The van der Waals surface area contributed by atoms with Gasteiger partial charge in [0.05, 0.1) is 0 Å². The molecule has 0 aliphatic rings. The molecule has 2 atom stereocenters. The van der Waals surface area contributed by atoms with Crippen molar-refractivity contribution in [1.82, 2.24) is 0 Å². The van der Waals surface area contributed by atoms with Crippen LogP contribution in [0, 0.1) is 20.2 Å². The average molecular weight is 180 g/mol. The summed E-state index contributed by atoms with van der Waals surface area (Å²) in [5, 5.41) is 37.0. The van der Waals surface area contributed by atoms with E-state index in [1.54, 1.807) is 0 Å². The number of hydrogen-bond acceptors (Lipinski definition) is 6. The molecule has 0 aliphatic carbocycles. The van der Waals surface area contributed by atoms with Crippen molar-refractivity contribution in [2.75, 3.05) is 13.1 Å². The highest BCUT2D eigenvalue weighted by atomic mass is 16.6. The summed E-state index contributed by atoms with van der Waals surface area (Å²) in [7, 11) is 0. The highest BCUT2D eigenvalue weighted by Gasteiger charge is 2.25. The van der Waals surface area contributed by atoms with E-state index in [0.29, 0.717) is 0 Å². The molecule has 8 nitrogen and oxygen atoms in total. The maximum absolute atomic E-state index is 9.76. The Balaban J connectivity index is 3.83. The molecule has 70 valence electrons. The van der Waals surface area contributed by atoms with E-state index in [-0.39, 0.29) is 0 Å². The van der Waals surface area contributed by atoms with Crippen LogP contribution >= 0.6 is 0 Å². The van der Waals surface area contributed by atoms with Gasteiger partial charge in [0.15, 0.2) is 12.2 Å². The first-order valence-corrected chi connectivity index (χ1v) is 3.03. The molecule has 0 spiro atoms. The van der Waals surface area contributed by atoms with E-state index in [1.165, 1.54) is 0 Å². The molecule has 0 fully saturated rings. The van der Waals surface area contributed by atoms with Gasteiger partial charge in [0, 0.05) is 9.85 Å². The summed E-state index contributed by atoms with van der Waals surface area (Å²) in [6.07, 6.45) is -3.38. The molecule has 2 unspecified atom stereocenters. The zero-order valence-electron chi connectivity index (χ0n) is 5.99. The quantitative estimate of drug-likeness (QED) is 0.382. The first-order valence-electron chi connectivity index (χ1n) is 3.03. The largest absolute Gasteiger partial charge is 0.383 e. The van der Waals surface area contributed by atoms with Crippen LogP contribution in [0.15, 0.2) is 0 Å². The highest BCUT2D eigenvalue weighted by Crippen LogP contribution is 1.94. The summed E-state index contributed by atoms with van der Waals surface area (Å²) in [5.74, 6) is 0. The molecule has 0 heterocycles. The van der Waals surface area contributed by atoms with Gasteiger partial charge in [-0.05, 0) is 0 Å². The Morgan fingerprint density at radius 2 is 1.25 bits per heavy atom. The van der Waals surface area contributed by atoms with Gasteiger partial charge in [-0.25, -0.2) is 0 Å². The van der Waals surface area contributed by atoms with Gasteiger partial charge in [-0.15, -0.1) is 0 Å². The lowest BCUT2D eigenvalue weighted by Gasteiger charge is -2.09. The third-order valence-corrected chi connectivity index (χ3v) is 1.12. The number of nitrogens with zero attached hydrogens (tertiary/aromatic N) is 2. The highest BCUT2D eigenvalue weighted by molar-refractivity contribution is 4.64. The van der Waals surface area contributed by atoms with Gasteiger partial charge in [0.1, 0.15) is 0 Å². The minimum absolute atomic E-state index is 0.853. The fraction of sp³-hybridized carbons (Fsp3) is 1.00. The minimum atomic E-state index is -1.69. The van der Waals surface area contributed by atoms with Gasteiger partial charge < -0.3 is 10.2 Å². The standard InChI is InChI=1S/C4H8N2O6/c7-3(1-5(9)10)4(8)2-6(11)12/h3-4,7-8H,1-2H2. The lowest BCUT2D eigenvalue weighted by molar-refractivity contribution is -0.511. The molecule has 0 aromatic carbocycles. The van der Waals surface area contributed by atoms with Crippen molar-refractivity contribution in [2.24, 2.45) is 0 Å². The number of nitro groups is 2. The molecule has 12 heavy (non-hydrogen) atoms. The lowest BCUT2D eigenvalue weighted by atomic mass is 10.2. The normalized spacial score (nSPS) is 15.2. The van der Waals surface area contributed by atoms with Crippen LogP contribution in [0.4, 0.5) is 0 Å². The fourth-order valence-electron chi connectivity index (χ4n) is 0.549. The van der Waals surface area contributed by atoms with Gasteiger partial charge in [0.2, 0.25) is 13.1 Å². The monoisotopic (exact) mass is 180 g/mol. The number of rotatable bonds is 5. The summed E-state index contributed by atoms with van der Waals surface area (Å²) in [5.41, 5.74) is 0. The molecule has 0 radical (unpaired) electrons. The van der Waals surface area contributed by atoms with Gasteiger partial charge in [-0.2, -0.15) is 0 Å². The number of hydrogen-bond donors (Lipinski definition) is 2. The molecule has 8 heteroatoms. The predicted molar refractivity (Wildman–Crippen MR) is 35.7 cm³/mol. The van der Waals surface area contributed by atoms with Crippen molar-refractivity contribution in [3.8, 4) is 0 Å². The zero-order valence-corrected chi connectivity index (χ0v) is 5.99. The van der Waals surface area contributed by atoms with Crippen molar-refractivity contribution in [3.63, 3.8) is 0 Å². The molecule has 0 amide bonds. The Hall–Kier alpha value is -1.28. The average Bonchev–Trinajstić information content (AvgIpc) is 1.84. The first-order chi connectivity index (χ1) is 5.43. The van der Waals surface area contributed by atoms with Gasteiger partial charge in [-0.1, -0.05) is 0 Å². The SMILES string of the molecule is O=[N+]([O-])CC(O)C(O)C[N+](=O)[O-]. The van der Waals surface area contributed by atoms with Crippen molar-refractivity contribution in [2.45, 2.75) is 12.2 Å². The molecule has 0 saturated heterocycles. The third kappa shape index (κ3) is 4.52. The van der Waals surface area contributed by atoms with E-state index in [9.17, 15) is 20.2 Å². The van der Waals surface area contributed by atoms with E-state index < -0.39 is 35.1 Å². The zero-order chi connectivity index (χ0) is 9.72. The second-order valence-corrected chi connectivity index (χ2v) is 2.17. The van der Waals surface area contributed by atoms with Crippen molar-refractivity contribution < 1.29 is 20.1 Å². The van der Waals surface area contributed by atoms with Crippen LogP contribution in [0.25, 0.3) is 0 Å². The number of aliphatic hydroxyl groups excluding tert-OH is 2. The van der Waals surface area contributed by atoms with E-state index in [0.717, 1.165) is 0 Å². The predicted octanol–water partition coefficient (Wildman–Crippen LogP) is -1.74. The fourth-order valence-corrected chi connectivity index (χ4v) is 0.549. The maximum Gasteiger partial charge on any atom is 0.232 e. The summed E-state index contributed by atoms with van der Waals surface area (Å²) >= 11 is 0. The second kappa shape index (κ2) is 4.57. The summed E-state index contributed by atoms with van der Waals surface area (Å²) in [6, 6.07) is 0. The summed E-state index contributed by atoms with van der Waals surface area (Å²) in [6.45, 7) is -1.79. The third-order valence-electron chi connectivity index (χ3n) is 1.12. The summed E-state index contributed by atoms with van der Waals surface area (Å²) < 4.78 is 0. The molecule has 0 aromatic heterocycles. The van der Waals surface area contributed by atoms with Gasteiger partial charge >= 0.3 is 0 Å². The summed E-state index contributed by atoms with van der Waals surface area (Å²) in [4.78, 5) is 17.8. The second-order valence-electron chi connectivity index (χ2n) is 2.17. The topological polar surface area (TPSA) is 127 Å². The van der Waals surface area contributed by atoms with E-state index >= 15 is 0 Å². The smallest absolute Gasteiger partial charge is 0.232 e. The van der Waals surface area contributed by atoms with E-state index in [4.69, 9.17) is 10.2 Å². The first kappa shape index (κ1) is 10.7. The lowest BCUT2D eigenvalue weighted by Crippen LogP contribution is -2.37. The van der Waals surface area contributed by atoms with Gasteiger partial charge in [-0.3, -0.25) is 20.2 Å². The molecule has 0 aromatic rings. The Kier molecular flexibility index (Phi) is 4.08. The Bertz CT molecular complexity index is 162. The minimum Gasteiger partial charge on any atom is -0.383 e. The maximum atomic E-state index is 9.76. The Labute approximate surface area is 66.7 Å². The molecular formula is C4H8N2O6. The molecule has 0 rings (SSSR count). The van der Waals surface area contributed by atoms with Crippen LogP contribution in [0.1, 0.15) is 0 Å². The van der Waals surface area contributed by atoms with Crippen LogP contribution in [0.3, 0.4) is 0 Å². The van der Waals surface area contributed by atoms with E-state index in [1.807, 2.05) is 0 Å². The van der Waals surface area contributed by atoms with Crippen molar-refractivity contribution in [3.05, 3.63) is 20.2 Å². The molecular weight excluding hydrogens is 172 g/mol. The van der Waals surface area contributed by atoms with Crippen molar-refractivity contribution >= 4 is 0 Å². The molecule has 2 N–H and O–H groups in total. The Morgan fingerprint density at radius 3 is 1.42 bits per heavy atom. The van der Waals surface area contributed by atoms with Crippen LogP contribution in [0.5, 0.6) is 0 Å². The number of aliphatic hydroxyl groups is 2. The molecule has 0 aliphatic heterocycles.